The third kappa shape index (κ3) is 3.45. The first-order valence-corrected chi connectivity index (χ1v) is 7.31. The molecule has 1 aliphatic heterocycles. The van der Waals surface area contributed by atoms with Crippen LogP contribution in [0, 0.1) is 17.8 Å². The van der Waals surface area contributed by atoms with Crippen molar-refractivity contribution in [3.8, 4) is 0 Å². The van der Waals surface area contributed by atoms with Gasteiger partial charge >= 0.3 is 0 Å². The summed E-state index contributed by atoms with van der Waals surface area (Å²) in [5.74, 6) is 1.85. The van der Waals surface area contributed by atoms with Crippen LogP contribution in [-0.4, -0.2) is 42.2 Å². The van der Waals surface area contributed by atoms with Gasteiger partial charge in [-0.2, -0.15) is 0 Å². The van der Waals surface area contributed by atoms with E-state index in [-0.39, 0.29) is 6.61 Å². The van der Waals surface area contributed by atoms with Gasteiger partial charge in [-0.3, -0.25) is 4.79 Å². The fourth-order valence-electron chi connectivity index (χ4n) is 3.26. The fraction of sp³-hybridized carbons (Fsp3) is 0.929. The van der Waals surface area contributed by atoms with Crippen LogP contribution in [0.1, 0.15) is 38.5 Å². The largest absolute Gasteiger partial charge is 0.396 e. The molecule has 104 valence electrons. The number of hydrogen-bond donors (Lipinski definition) is 2. The molecule has 1 amide bonds. The number of carbonyl (C=O) groups excluding carboxylic acids is 1. The SMILES string of the molecule is NCC1CCC(CC(=O)N2CCC(CO)C2)CC1. The van der Waals surface area contributed by atoms with Crippen molar-refractivity contribution in [1.29, 1.82) is 0 Å². The zero-order valence-corrected chi connectivity index (χ0v) is 11.2. The monoisotopic (exact) mass is 254 g/mol. The van der Waals surface area contributed by atoms with Gasteiger partial charge in [-0.05, 0) is 50.5 Å². The number of aliphatic hydroxyl groups excluding tert-OH is 1. The van der Waals surface area contributed by atoms with E-state index in [4.69, 9.17) is 10.8 Å². The van der Waals surface area contributed by atoms with E-state index in [2.05, 4.69) is 0 Å². The van der Waals surface area contributed by atoms with Crippen LogP contribution in [-0.2, 0) is 4.79 Å². The van der Waals surface area contributed by atoms with E-state index in [9.17, 15) is 4.79 Å². The standard InChI is InChI=1S/C14H26N2O2/c15-8-12-3-1-11(2-4-12)7-14(18)16-6-5-13(9-16)10-17/h11-13,17H,1-10,15H2. The Morgan fingerprint density at radius 1 is 1.11 bits per heavy atom. The molecule has 0 radical (unpaired) electrons. The molecule has 2 rings (SSSR count). The zero-order valence-electron chi connectivity index (χ0n) is 11.2. The Morgan fingerprint density at radius 2 is 1.78 bits per heavy atom. The molecule has 1 aliphatic carbocycles. The number of aliphatic hydroxyl groups is 1. The van der Waals surface area contributed by atoms with Gasteiger partial charge in [0.15, 0.2) is 0 Å². The summed E-state index contributed by atoms with van der Waals surface area (Å²) in [5, 5.41) is 9.09. The van der Waals surface area contributed by atoms with Gasteiger partial charge in [-0.15, -0.1) is 0 Å². The predicted molar refractivity (Wildman–Crippen MR) is 70.9 cm³/mol. The summed E-state index contributed by atoms with van der Waals surface area (Å²) < 4.78 is 0. The van der Waals surface area contributed by atoms with Crippen LogP contribution in [0.3, 0.4) is 0 Å². The fourth-order valence-corrected chi connectivity index (χ4v) is 3.26. The van der Waals surface area contributed by atoms with Gasteiger partial charge in [0.05, 0.1) is 0 Å². The first-order valence-electron chi connectivity index (χ1n) is 7.31. The molecule has 0 aromatic carbocycles. The minimum atomic E-state index is 0.214. The summed E-state index contributed by atoms with van der Waals surface area (Å²) in [6.07, 6.45) is 6.36. The van der Waals surface area contributed by atoms with E-state index in [1.807, 2.05) is 4.90 Å². The molecule has 1 unspecified atom stereocenters. The Hall–Kier alpha value is -0.610. The lowest BCUT2D eigenvalue weighted by Gasteiger charge is -2.28. The first kappa shape index (κ1) is 13.8. The molecule has 1 heterocycles. The Balaban J connectivity index is 1.72. The highest BCUT2D eigenvalue weighted by Gasteiger charge is 2.28. The maximum Gasteiger partial charge on any atom is 0.222 e. The van der Waals surface area contributed by atoms with Crippen molar-refractivity contribution in [1.82, 2.24) is 4.90 Å². The molecule has 1 saturated heterocycles. The maximum atomic E-state index is 12.1. The molecular weight excluding hydrogens is 228 g/mol. The minimum absolute atomic E-state index is 0.214. The van der Waals surface area contributed by atoms with E-state index in [1.165, 1.54) is 12.8 Å². The van der Waals surface area contributed by atoms with Crippen molar-refractivity contribution in [2.75, 3.05) is 26.2 Å². The molecule has 2 aliphatic rings. The van der Waals surface area contributed by atoms with Crippen LogP contribution < -0.4 is 5.73 Å². The highest BCUT2D eigenvalue weighted by atomic mass is 16.3. The van der Waals surface area contributed by atoms with Crippen LogP contribution in [0.2, 0.25) is 0 Å². The molecule has 1 atom stereocenters. The molecule has 0 bridgehead atoms. The van der Waals surface area contributed by atoms with E-state index in [1.54, 1.807) is 0 Å². The van der Waals surface area contributed by atoms with Crippen LogP contribution in [0.15, 0.2) is 0 Å². The number of nitrogens with zero attached hydrogens (tertiary/aromatic N) is 1. The van der Waals surface area contributed by atoms with E-state index >= 15 is 0 Å². The van der Waals surface area contributed by atoms with Crippen LogP contribution in [0.5, 0.6) is 0 Å². The number of hydrogen-bond acceptors (Lipinski definition) is 3. The summed E-state index contributed by atoms with van der Waals surface area (Å²) in [5.41, 5.74) is 5.68. The Bertz CT molecular complexity index is 275. The van der Waals surface area contributed by atoms with Gasteiger partial charge in [0.1, 0.15) is 0 Å². The molecular formula is C14H26N2O2. The van der Waals surface area contributed by atoms with Gasteiger partial charge in [0, 0.05) is 32.0 Å². The van der Waals surface area contributed by atoms with Gasteiger partial charge in [-0.25, -0.2) is 0 Å². The Kier molecular flexibility index (Phi) is 5.01. The summed E-state index contributed by atoms with van der Waals surface area (Å²) in [4.78, 5) is 14.1. The third-order valence-electron chi connectivity index (χ3n) is 4.66. The lowest BCUT2D eigenvalue weighted by molar-refractivity contribution is -0.131. The quantitative estimate of drug-likeness (QED) is 0.786. The van der Waals surface area contributed by atoms with Crippen LogP contribution >= 0.6 is 0 Å². The van der Waals surface area contributed by atoms with Crippen LogP contribution in [0.4, 0.5) is 0 Å². The van der Waals surface area contributed by atoms with Gasteiger partial charge in [0.2, 0.25) is 5.91 Å². The molecule has 3 N–H and O–H groups in total. The highest BCUT2D eigenvalue weighted by molar-refractivity contribution is 5.76. The molecule has 1 saturated carbocycles. The van der Waals surface area contributed by atoms with Crippen molar-refractivity contribution >= 4 is 5.91 Å². The summed E-state index contributed by atoms with van der Waals surface area (Å²) >= 11 is 0. The summed E-state index contributed by atoms with van der Waals surface area (Å²) in [6, 6.07) is 0. The van der Waals surface area contributed by atoms with E-state index in [0.717, 1.165) is 38.9 Å². The van der Waals surface area contributed by atoms with Crippen LogP contribution in [0.25, 0.3) is 0 Å². The van der Waals surface area contributed by atoms with Crippen molar-refractivity contribution in [3.63, 3.8) is 0 Å². The van der Waals surface area contributed by atoms with Gasteiger partial charge < -0.3 is 15.7 Å². The maximum absolute atomic E-state index is 12.1. The summed E-state index contributed by atoms with van der Waals surface area (Å²) in [7, 11) is 0. The normalized spacial score (nSPS) is 32.8. The number of nitrogens with two attached hydrogens (primary N) is 1. The number of carbonyl (C=O) groups is 1. The molecule has 18 heavy (non-hydrogen) atoms. The van der Waals surface area contributed by atoms with Crippen molar-refractivity contribution in [2.45, 2.75) is 38.5 Å². The zero-order chi connectivity index (χ0) is 13.0. The number of rotatable bonds is 4. The lowest BCUT2D eigenvalue weighted by Crippen LogP contribution is -2.32. The van der Waals surface area contributed by atoms with E-state index < -0.39 is 0 Å². The second kappa shape index (κ2) is 6.53. The molecule has 2 fully saturated rings. The lowest BCUT2D eigenvalue weighted by atomic mass is 9.80. The second-order valence-electron chi connectivity index (χ2n) is 6.00. The van der Waals surface area contributed by atoms with E-state index in [0.29, 0.717) is 30.1 Å². The second-order valence-corrected chi connectivity index (χ2v) is 6.00. The third-order valence-corrected chi connectivity index (χ3v) is 4.66. The topological polar surface area (TPSA) is 66.6 Å². The Labute approximate surface area is 110 Å². The average molecular weight is 254 g/mol. The summed E-state index contributed by atoms with van der Waals surface area (Å²) in [6.45, 7) is 2.60. The van der Waals surface area contributed by atoms with Crippen molar-refractivity contribution < 1.29 is 9.90 Å². The van der Waals surface area contributed by atoms with Crippen molar-refractivity contribution in [2.24, 2.45) is 23.5 Å². The number of amides is 1. The minimum Gasteiger partial charge on any atom is -0.396 e. The molecule has 4 heteroatoms. The smallest absolute Gasteiger partial charge is 0.222 e. The molecule has 0 spiro atoms. The molecule has 0 aromatic heterocycles. The highest BCUT2D eigenvalue weighted by Crippen LogP contribution is 2.31. The number of likely N-dealkylation sites (tertiary alicyclic amines) is 1. The van der Waals surface area contributed by atoms with Gasteiger partial charge in [-0.1, -0.05) is 0 Å². The molecule has 0 aromatic rings. The van der Waals surface area contributed by atoms with Crippen molar-refractivity contribution in [3.05, 3.63) is 0 Å². The predicted octanol–water partition coefficient (Wildman–Crippen LogP) is 0.982. The van der Waals surface area contributed by atoms with Gasteiger partial charge in [0.25, 0.3) is 0 Å². The molecule has 4 nitrogen and oxygen atoms in total. The first-order chi connectivity index (χ1) is 8.72. The average Bonchev–Trinajstić information content (AvgIpc) is 2.88. The Morgan fingerprint density at radius 3 is 2.33 bits per heavy atom.